The van der Waals surface area contributed by atoms with Crippen LogP contribution in [0.5, 0.6) is 0 Å². The molecule has 0 bridgehead atoms. The molecule has 1 atom stereocenters. The van der Waals surface area contributed by atoms with Gasteiger partial charge in [-0.2, -0.15) is 0 Å². The van der Waals surface area contributed by atoms with Crippen LogP contribution in [0, 0.1) is 5.92 Å². The number of hydrogen-bond acceptors (Lipinski definition) is 6. The summed E-state index contributed by atoms with van der Waals surface area (Å²) in [5.41, 5.74) is -0.235. The summed E-state index contributed by atoms with van der Waals surface area (Å²) in [6.07, 6.45) is 0. The minimum atomic E-state index is -4.35. The quantitative estimate of drug-likeness (QED) is 0.516. The van der Waals surface area contributed by atoms with E-state index in [9.17, 15) is 21.6 Å². The molecule has 0 N–H and O–H groups in total. The third-order valence-corrected chi connectivity index (χ3v) is 9.58. The molecule has 0 radical (unpaired) electrons. The highest BCUT2D eigenvalue weighted by molar-refractivity contribution is 8.09. The second-order valence-corrected chi connectivity index (χ2v) is 10.3. The number of esters is 1. The molecule has 0 heterocycles. The van der Waals surface area contributed by atoms with Gasteiger partial charge in [0, 0.05) is 11.5 Å². The van der Waals surface area contributed by atoms with Crippen LogP contribution in [-0.4, -0.2) is 34.5 Å². The molecule has 0 aromatic heterocycles. The Labute approximate surface area is 159 Å². The molecule has 0 amide bonds. The van der Waals surface area contributed by atoms with Crippen molar-refractivity contribution >= 4 is 25.6 Å². The molecule has 2 aromatic rings. The zero-order chi connectivity index (χ0) is 20.2. The van der Waals surface area contributed by atoms with E-state index in [1.54, 1.807) is 12.1 Å². The van der Waals surface area contributed by atoms with Gasteiger partial charge >= 0.3 is 5.97 Å². The predicted octanol–water partition coefficient (Wildman–Crippen LogP) is 2.63. The first-order valence-electron chi connectivity index (χ1n) is 7.99. The average Bonchev–Trinajstić information content (AvgIpc) is 2.67. The number of rotatable bonds is 7. The molecule has 0 aliphatic carbocycles. The molecule has 0 saturated carbocycles. The molecular weight excluding hydrogens is 388 g/mol. The van der Waals surface area contributed by atoms with E-state index in [2.05, 4.69) is 11.3 Å². The Morgan fingerprint density at radius 2 is 1.22 bits per heavy atom. The lowest BCUT2D eigenvalue weighted by atomic mass is 10.1. The third kappa shape index (κ3) is 4.12. The zero-order valence-electron chi connectivity index (χ0n) is 14.9. The zero-order valence-corrected chi connectivity index (χ0v) is 16.5. The van der Waals surface area contributed by atoms with Gasteiger partial charge in [-0.25, -0.2) is 21.6 Å². The molecule has 144 valence electrons. The van der Waals surface area contributed by atoms with Crippen LogP contribution in [0.15, 0.2) is 82.6 Å². The van der Waals surface area contributed by atoms with E-state index < -0.39 is 36.1 Å². The van der Waals surface area contributed by atoms with E-state index in [1.807, 2.05) is 0 Å². The van der Waals surface area contributed by atoms with Gasteiger partial charge in [-0.05, 0) is 24.3 Å². The lowest BCUT2D eigenvalue weighted by molar-refractivity contribution is -0.136. The molecule has 2 aromatic carbocycles. The Bertz CT molecular complexity index is 957. The van der Waals surface area contributed by atoms with Crippen LogP contribution in [-0.2, 0) is 29.2 Å². The second-order valence-electron chi connectivity index (χ2n) is 5.89. The summed E-state index contributed by atoms with van der Waals surface area (Å²) in [5, 5.41) is 0. The molecule has 6 nitrogen and oxygen atoms in total. The number of hydrogen-bond donors (Lipinski definition) is 0. The van der Waals surface area contributed by atoms with E-state index in [1.165, 1.54) is 55.5 Å². The summed E-state index contributed by atoms with van der Waals surface area (Å²) >= 11 is 0. The number of carbonyl (C=O) groups excluding carboxylic acids is 1. The summed E-state index contributed by atoms with van der Waals surface area (Å²) in [6, 6.07) is 14.5. The second kappa shape index (κ2) is 8.06. The van der Waals surface area contributed by atoms with Crippen molar-refractivity contribution in [2.24, 2.45) is 5.92 Å². The van der Waals surface area contributed by atoms with Crippen LogP contribution in [0.25, 0.3) is 0 Å². The topological polar surface area (TPSA) is 94.6 Å². The Balaban J connectivity index is 2.70. The van der Waals surface area contributed by atoms with Crippen LogP contribution < -0.4 is 0 Å². The molecule has 27 heavy (non-hydrogen) atoms. The number of benzene rings is 2. The van der Waals surface area contributed by atoms with Crippen LogP contribution in [0.1, 0.15) is 6.92 Å². The maximum Gasteiger partial charge on any atom is 0.333 e. The van der Waals surface area contributed by atoms with Gasteiger partial charge in [-0.15, -0.1) is 0 Å². The predicted molar refractivity (Wildman–Crippen MR) is 101 cm³/mol. The van der Waals surface area contributed by atoms with E-state index in [0.717, 1.165) is 7.11 Å². The number of methoxy groups -OCH3 is 1. The number of sulfone groups is 2. The van der Waals surface area contributed by atoms with Crippen LogP contribution in [0.3, 0.4) is 0 Å². The van der Waals surface area contributed by atoms with E-state index in [4.69, 9.17) is 0 Å². The smallest absolute Gasteiger partial charge is 0.333 e. The number of ether oxygens (including phenoxy) is 1. The Morgan fingerprint density at radius 1 is 0.852 bits per heavy atom. The standard InChI is InChI=1S/C19H20O6S2/c1-14(18(20)25-3)15(2)19(26(21,22)16-10-6-4-7-11-16)27(23,24)17-12-8-5-9-13-17/h4-13,15,19H,1H2,2-3H3. The molecule has 0 aliphatic heterocycles. The van der Waals surface area contributed by atoms with Gasteiger partial charge in [0.1, 0.15) is 0 Å². The maximum atomic E-state index is 13.2. The summed E-state index contributed by atoms with van der Waals surface area (Å²) < 4.78 is 55.6. The van der Waals surface area contributed by atoms with Crippen molar-refractivity contribution in [2.45, 2.75) is 21.3 Å². The minimum absolute atomic E-state index is 0.154. The first-order valence-corrected chi connectivity index (χ1v) is 11.1. The summed E-state index contributed by atoms with van der Waals surface area (Å²) in [5.74, 6) is -2.09. The molecule has 2 rings (SSSR count). The van der Waals surface area contributed by atoms with Crippen molar-refractivity contribution < 1.29 is 26.4 Å². The van der Waals surface area contributed by atoms with Gasteiger partial charge in [-0.1, -0.05) is 49.9 Å². The highest BCUT2D eigenvalue weighted by Crippen LogP contribution is 2.33. The molecule has 0 fully saturated rings. The molecule has 1 unspecified atom stereocenters. The lowest BCUT2D eigenvalue weighted by Gasteiger charge is -2.25. The molecule has 0 saturated heterocycles. The van der Waals surface area contributed by atoms with Crippen molar-refractivity contribution in [1.82, 2.24) is 0 Å². The lowest BCUT2D eigenvalue weighted by Crippen LogP contribution is -2.38. The Kier molecular flexibility index (Phi) is 6.22. The van der Waals surface area contributed by atoms with Gasteiger partial charge in [0.05, 0.1) is 16.9 Å². The first kappa shape index (κ1) is 20.9. The van der Waals surface area contributed by atoms with Crippen molar-refractivity contribution in [3.05, 3.63) is 72.8 Å². The highest BCUT2D eigenvalue weighted by atomic mass is 32.3. The summed E-state index contributed by atoms with van der Waals surface area (Å²) in [6.45, 7) is 4.90. The van der Waals surface area contributed by atoms with Gasteiger partial charge < -0.3 is 4.74 Å². The normalized spacial score (nSPS) is 13.1. The monoisotopic (exact) mass is 408 g/mol. The van der Waals surface area contributed by atoms with Crippen molar-refractivity contribution in [1.29, 1.82) is 0 Å². The van der Waals surface area contributed by atoms with Gasteiger partial charge in [0.15, 0.2) is 24.3 Å². The number of carbonyl (C=O) groups is 1. The largest absolute Gasteiger partial charge is 0.466 e. The Hall–Kier alpha value is -2.45. The SMILES string of the molecule is C=C(C(=O)OC)C(C)C(S(=O)(=O)c1ccccc1)S(=O)(=O)c1ccccc1. The van der Waals surface area contributed by atoms with Crippen LogP contribution in [0.4, 0.5) is 0 Å². The van der Waals surface area contributed by atoms with Crippen LogP contribution in [0.2, 0.25) is 0 Å². The minimum Gasteiger partial charge on any atom is -0.466 e. The fourth-order valence-corrected chi connectivity index (χ4v) is 7.69. The summed E-state index contributed by atoms with van der Waals surface area (Å²) in [4.78, 5) is 11.6. The van der Waals surface area contributed by atoms with Gasteiger partial charge in [0.25, 0.3) is 0 Å². The van der Waals surface area contributed by atoms with Crippen molar-refractivity contribution in [2.75, 3.05) is 7.11 Å². The molecular formula is C19H20O6S2. The summed E-state index contributed by atoms with van der Waals surface area (Å²) in [7, 11) is -7.58. The van der Waals surface area contributed by atoms with Crippen molar-refractivity contribution in [3.8, 4) is 0 Å². The first-order chi connectivity index (χ1) is 12.6. The maximum absolute atomic E-state index is 13.2. The van der Waals surface area contributed by atoms with E-state index >= 15 is 0 Å². The molecule has 0 spiro atoms. The van der Waals surface area contributed by atoms with Crippen molar-refractivity contribution in [3.63, 3.8) is 0 Å². The Morgan fingerprint density at radius 3 is 1.56 bits per heavy atom. The fourth-order valence-electron chi connectivity index (χ4n) is 2.67. The molecule has 0 aliphatic rings. The van der Waals surface area contributed by atoms with Gasteiger partial charge in [-0.3, -0.25) is 0 Å². The highest BCUT2D eigenvalue weighted by Gasteiger charge is 2.45. The third-order valence-electron chi connectivity index (χ3n) is 4.16. The molecule has 8 heteroatoms. The average molecular weight is 408 g/mol. The van der Waals surface area contributed by atoms with E-state index in [0.29, 0.717) is 0 Å². The van der Waals surface area contributed by atoms with Crippen LogP contribution >= 0.6 is 0 Å². The fraction of sp³-hybridized carbons (Fsp3) is 0.211. The van der Waals surface area contributed by atoms with E-state index in [-0.39, 0.29) is 15.4 Å². The van der Waals surface area contributed by atoms with Gasteiger partial charge in [0.2, 0.25) is 0 Å².